The molecule has 3 nitrogen and oxygen atoms in total. The zero-order valence-electron chi connectivity index (χ0n) is 7.80. The van der Waals surface area contributed by atoms with Crippen molar-refractivity contribution >= 4 is 29.0 Å². The molecule has 1 aliphatic rings. The molecule has 2 rings (SSSR count). The Morgan fingerprint density at radius 3 is 2.64 bits per heavy atom. The van der Waals surface area contributed by atoms with Gasteiger partial charge in [0.25, 0.3) is 0 Å². The van der Waals surface area contributed by atoms with Crippen LogP contribution in [-0.2, 0) is 0 Å². The fraction of sp³-hybridized carbons (Fsp3) is 0.444. The quantitative estimate of drug-likeness (QED) is 0.804. The van der Waals surface area contributed by atoms with Gasteiger partial charge in [0.05, 0.1) is 10.0 Å². The van der Waals surface area contributed by atoms with Gasteiger partial charge in [-0.2, -0.15) is 0 Å². The molecule has 0 saturated carbocycles. The Kier molecular flexibility index (Phi) is 2.33. The maximum Gasteiger partial charge on any atom is 0.147 e. The number of nitrogens with two attached hydrogens (primary N) is 1. The number of anilines is 1. The molecule has 0 spiro atoms. The number of hydrogen-bond acceptors (Lipinski definition) is 3. The Labute approximate surface area is 92.8 Å². The minimum Gasteiger partial charge on any atom is -0.352 e. The molecule has 1 saturated heterocycles. The predicted molar refractivity (Wildman–Crippen MR) is 59.1 cm³/mol. The molecule has 0 atom stereocenters. The molecule has 0 radical (unpaired) electrons. The summed E-state index contributed by atoms with van der Waals surface area (Å²) in [7, 11) is 0. The van der Waals surface area contributed by atoms with E-state index in [1.54, 1.807) is 12.3 Å². The van der Waals surface area contributed by atoms with Crippen molar-refractivity contribution in [3.8, 4) is 0 Å². The highest BCUT2D eigenvalue weighted by molar-refractivity contribution is 6.36. The van der Waals surface area contributed by atoms with E-state index in [1.165, 1.54) is 0 Å². The summed E-state index contributed by atoms with van der Waals surface area (Å²) in [5.74, 6) is 0.763. The molecule has 0 aliphatic carbocycles. The first-order valence-electron chi connectivity index (χ1n) is 4.33. The van der Waals surface area contributed by atoms with E-state index >= 15 is 0 Å². The smallest absolute Gasteiger partial charge is 0.147 e. The summed E-state index contributed by atoms with van der Waals surface area (Å²) >= 11 is 11.7. The number of hydrogen-bond donors (Lipinski definition) is 1. The summed E-state index contributed by atoms with van der Waals surface area (Å²) in [5, 5.41) is 1.13. The van der Waals surface area contributed by atoms with E-state index in [0.717, 1.165) is 18.9 Å². The van der Waals surface area contributed by atoms with Crippen molar-refractivity contribution in [2.75, 3.05) is 18.0 Å². The van der Waals surface area contributed by atoms with Crippen LogP contribution >= 0.6 is 23.2 Å². The first kappa shape index (κ1) is 10.0. The molecule has 1 aliphatic heterocycles. The molecule has 0 bridgehead atoms. The Hall–Kier alpha value is -0.510. The monoisotopic (exact) mass is 231 g/mol. The highest BCUT2D eigenvalue weighted by Gasteiger charge is 2.36. The molecular formula is C9H11Cl2N3. The van der Waals surface area contributed by atoms with Crippen LogP contribution in [0, 0.1) is 0 Å². The average Bonchev–Trinajstić information content (AvgIpc) is 2.00. The lowest BCUT2D eigenvalue weighted by Gasteiger charge is -2.46. The van der Waals surface area contributed by atoms with Crippen molar-refractivity contribution in [1.29, 1.82) is 0 Å². The lowest BCUT2D eigenvalue weighted by atomic mass is 9.94. The summed E-state index contributed by atoms with van der Waals surface area (Å²) in [5.41, 5.74) is 5.77. The molecule has 1 fully saturated rings. The summed E-state index contributed by atoms with van der Waals surface area (Å²) in [6.45, 7) is 3.57. The molecular weight excluding hydrogens is 221 g/mol. The minimum atomic E-state index is -0.120. The maximum absolute atomic E-state index is 6.00. The van der Waals surface area contributed by atoms with E-state index in [0.29, 0.717) is 10.0 Å². The van der Waals surface area contributed by atoms with Gasteiger partial charge >= 0.3 is 0 Å². The molecule has 5 heteroatoms. The van der Waals surface area contributed by atoms with E-state index < -0.39 is 0 Å². The first-order valence-corrected chi connectivity index (χ1v) is 5.08. The van der Waals surface area contributed by atoms with E-state index in [2.05, 4.69) is 4.98 Å². The molecule has 76 valence electrons. The molecule has 2 heterocycles. The molecule has 0 unspecified atom stereocenters. The summed E-state index contributed by atoms with van der Waals surface area (Å²) in [6, 6.07) is 1.69. The molecule has 2 N–H and O–H groups in total. The van der Waals surface area contributed by atoms with Crippen LogP contribution < -0.4 is 10.6 Å². The normalized spacial score (nSPS) is 19.3. The second-order valence-corrected chi connectivity index (χ2v) is 4.81. The van der Waals surface area contributed by atoms with Crippen LogP contribution in [-0.4, -0.2) is 23.6 Å². The average molecular weight is 232 g/mol. The van der Waals surface area contributed by atoms with Crippen molar-refractivity contribution in [1.82, 2.24) is 4.98 Å². The van der Waals surface area contributed by atoms with Gasteiger partial charge in [-0.25, -0.2) is 4.98 Å². The fourth-order valence-corrected chi connectivity index (χ4v) is 2.12. The number of aromatic nitrogens is 1. The van der Waals surface area contributed by atoms with Crippen LogP contribution in [0.3, 0.4) is 0 Å². The van der Waals surface area contributed by atoms with Gasteiger partial charge in [-0.05, 0) is 13.0 Å². The Morgan fingerprint density at radius 2 is 2.14 bits per heavy atom. The Balaban J connectivity index is 2.19. The zero-order valence-corrected chi connectivity index (χ0v) is 9.31. The van der Waals surface area contributed by atoms with Crippen molar-refractivity contribution < 1.29 is 0 Å². The third kappa shape index (κ3) is 1.80. The summed E-state index contributed by atoms with van der Waals surface area (Å²) in [4.78, 5) is 6.21. The molecule has 0 amide bonds. The van der Waals surface area contributed by atoms with Crippen molar-refractivity contribution in [3.63, 3.8) is 0 Å². The van der Waals surface area contributed by atoms with E-state index in [9.17, 15) is 0 Å². The number of rotatable bonds is 1. The van der Waals surface area contributed by atoms with Crippen LogP contribution in [0.4, 0.5) is 5.82 Å². The third-order valence-corrected chi connectivity index (χ3v) is 2.68. The zero-order chi connectivity index (χ0) is 10.3. The highest BCUT2D eigenvalue weighted by atomic mass is 35.5. The largest absolute Gasteiger partial charge is 0.352 e. The van der Waals surface area contributed by atoms with Crippen molar-refractivity contribution in [2.24, 2.45) is 5.73 Å². The highest BCUT2D eigenvalue weighted by Crippen LogP contribution is 2.31. The topological polar surface area (TPSA) is 42.1 Å². The predicted octanol–water partition coefficient (Wildman–Crippen LogP) is 1.93. The maximum atomic E-state index is 6.00. The number of halogens is 2. The SMILES string of the molecule is CC1(N)CN(c2ncc(Cl)cc2Cl)C1. The van der Waals surface area contributed by atoms with Crippen LogP contribution in [0.25, 0.3) is 0 Å². The number of nitrogens with zero attached hydrogens (tertiary/aromatic N) is 2. The van der Waals surface area contributed by atoms with Crippen LogP contribution in [0.1, 0.15) is 6.92 Å². The minimum absolute atomic E-state index is 0.120. The standard InChI is InChI=1S/C9H11Cl2N3/c1-9(12)4-14(5-9)8-7(11)2-6(10)3-13-8/h2-3H,4-5,12H2,1H3. The van der Waals surface area contributed by atoms with Gasteiger partial charge in [0.2, 0.25) is 0 Å². The molecule has 0 aromatic carbocycles. The second kappa shape index (κ2) is 3.26. The molecule has 1 aromatic heterocycles. The Bertz CT molecular complexity index is 357. The summed E-state index contributed by atoms with van der Waals surface area (Å²) in [6.07, 6.45) is 1.59. The number of pyridine rings is 1. The van der Waals surface area contributed by atoms with Crippen molar-refractivity contribution in [2.45, 2.75) is 12.5 Å². The van der Waals surface area contributed by atoms with Crippen LogP contribution in [0.2, 0.25) is 10.0 Å². The van der Waals surface area contributed by atoms with Gasteiger partial charge in [-0.15, -0.1) is 0 Å². The summed E-state index contributed by atoms with van der Waals surface area (Å²) < 4.78 is 0. The first-order chi connectivity index (χ1) is 6.48. The third-order valence-electron chi connectivity index (χ3n) is 2.19. The van der Waals surface area contributed by atoms with Crippen LogP contribution in [0.5, 0.6) is 0 Å². The fourth-order valence-electron chi connectivity index (χ4n) is 1.62. The lowest BCUT2D eigenvalue weighted by Crippen LogP contribution is -2.65. The van der Waals surface area contributed by atoms with Gasteiger partial charge in [0.1, 0.15) is 5.82 Å². The Morgan fingerprint density at radius 1 is 1.50 bits per heavy atom. The van der Waals surface area contributed by atoms with E-state index in [1.807, 2.05) is 11.8 Å². The van der Waals surface area contributed by atoms with Gasteiger partial charge in [-0.1, -0.05) is 23.2 Å². The van der Waals surface area contributed by atoms with Crippen LogP contribution in [0.15, 0.2) is 12.3 Å². The van der Waals surface area contributed by atoms with Gasteiger partial charge in [0.15, 0.2) is 0 Å². The van der Waals surface area contributed by atoms with E-state index in [-0.39, 0.29) is 5.54 Å². The van der Waals surface area contributed by atoms with Gasteiger partial charge in [-0.3, -0.25) is 0 Å². The van der Waals surface area contributed by atoms with Crippen molar-refractivity contribution in [3.05, 3.63) is 22.3 Å². The van der Waals surface area contributed by atoms with Gasteiger partial charge in [0, 0.05) is 24.8 Å². The van der Waals surface area contributed by atoms with Gasteiger partial charge < -0.3 is 10.6 Å². The lowest BCUT2D eigenvalue weighted by molar-refractivity contribution is 0.363. The molecule has 1 aromatic rings. The molecule has 14 heavy (non-hydrogen) atoms. The van der Waals surface area contributed by atoms with E-state index in [4.69, 9.17) is 28.9 Å². The second-order valence-electron chi connectivity index (χ2n) is 3.97.